The molecule has 0 spiro atoms. The topological polar surface area (TPSA) is 84.3 Å². The lowest BCUT2D eigenvalue weighted by molar-refractivity contribution is -0.384. The highest BCUT2D eigenvalue weighted by molar-refractivity contribution is 5.91. The summed E-state index contributed by atoms with van der Waals surface area (Å²) in [6, 6.07) is 5.95. The Morgan fingerprint density at radius 2 is 2.29 bits per heavy atom. The average Bonchev–Trinajstić information content (AvgIpc) is 2.24. The largest absolute Gasteiger partial charge is 0.326 e. The number of hydrogen-bond donors (Lipinski definition) is 2. The van der Waals surface area contributed by atoms with Gasteiger partial charge in [0.15, 0.2) is 0 Å². The fourth-order valence-electron chi connectivity index (χ4n) is 1.66. The van der Waals surface area contributed by atoms with Crippen molar-refractivity contribution in [1.82, 2.24) is 5.32 Å². The molecule has 1 heterocycles. The van der Waals surface area contributed by atoms with E-state index < -0.39 is 4.92 Å². The van der Waals surface area contributed by atoms with E-state index in [1.807, 2.05) is 0 Å². The van der Waals surface area contributed by atoms with E-state index in [-0.39, 0.29) is 11.6 Å². The molecule has 1 aromatic rings. The molecule has 0 aromatic heterocycles. The van der Waals surface area contributed by atoms with Crippen LogP contribution in [0.15, 0.2) is 24.3 Å². The van der Waals surface area contributed by atoms with Crippen LogP contribution in [0.25, 0.3) is 0 Å². The van der Waals surface area contributed by atoms with E-state index in [4.69, 9.17) is 0 Å². The van der Waals surface area contributed by atoms with Crippen molar-refractivity contribution in [2.45, 2.75) is 6.42 Å². The summed E-state index contributed by atoms with van der Waals surface area (Å²) in [7, 11) is 0. The van der Waals surface area contributed by atoms with Crippen molar-refractivity contribution in [3.8, 4) is 0 Å². The molecule has 1 aliphatic heterocycles. The minimum absolute atomic E-state index is 0.0203. The number of nitro benzene ring substituents is 1. The van der Waals surface area contributed by atoms with Gasteiger partial charge in [0, 0.05) is 24.2 Å². The van der Waals surface area contributed by atoms with Gasteiger partial charge in [0.25, 0.3) is 5.69 Å². The zero-order valence-electron chi connectivity index (χ0n) is 9.18. The molecular formula is C11H13N3O3. The van der Waals surface area contributed by atoms with E-state index in [2.05, 4.69) is 10.6 Å². The monoisotopic (exact) mass is 235 g/mol. The van der Waals surface area contributed by atoms with Crippen LogP contribution in [0.5, 0.6) is 0 Å². The van der Waals surface area contributed by atoms with Crippen LogP contribution in [0, 0.1) is 16.0 Å². The predicted octanol–water partition coefficient (Wildman–Crippen LogP) is 1.14. The Morgan fingerprint density at radius 3 is 2.88 bits per heavy atom. The van der Waals surface area contributed by atoms with Crippen molar-refractivity contribution in [2.24, 2.45) is 5.92 Å². The zero-order valence-corrected chi connectivity index (χ0v) is 9.18. The third-order valence-electron chi connectivity index (χ3n) is 2.68. The van der Waals surface area contributed by atoms with Crippen LogP contribution in [0.1, 0.15) is 6.42 Å². The molecule has 1 amide bonds. The summed E-state index contributed by atoms with van der Waals surface area (Å²) in [5.74, 6) is 0.283. The van der Waals surface area contributed by atoms with E-state index in [1.54, 1.807) is 12.1 Å². The molecule has 1 aromatic carbocycles. The van der Waals surface area contributed by atoms with Crippen molar-refractivity contribution < 1.29 is 9.72 Å². The Labute approximate surface area is 98.2 Å². The molecule has 90 valence electrons. The lowest BCUT2D eigenvalue weighted by atomic mass is 9.99. The molecule has 1 aliphatic rings. The van der Waals surface area contributed by atoms with E-state index in [0.29, 0.717) is 18.0 Å². The van der Waals surface area contributed by atoms with Gasteiger partial charge in [-0.2, -0.15) is 0 Å². The number of nitrogens with one attached hydrogen (secondary N) is 2. The zero-order chi connectivity index (χ0) is 12.3. The van der Waals surface area contributed by atoms with Crippen molar-refractivity contribution >= 4 is 17.3 Å². The van der Waals surface area contributed by atoms with Gasteiger partial charge in [-0.15, -0.1) is 0 Å². The number of nitrogens with zero attached hydrogens (tertiary/aromatic N) is 1. The predicted molar refractivity (Wildman–Crippen MR) is 62.7 cm³/mol. The SMILES string of the molecule is O=C(CC1CNC1)Nc1cccc([N+](=O)[O-])c1. The second kappa shape index (κ2) is 4.92. The van der Waals surface area contributed by atoms with Crippen LogP contribution in [0.2, 0.25) is 0 Å². The molecule has 1 fully saturated rings. The maximum atomic E-state index is 11.6. The van der Waals surface area contributed by atoms with Gasteiger partial charge < -0.3 is 10.6 Å². The first-order valence-electron chi connectivity index (χ1n) is 5.40. The summed E-state index contributed by atoms with van der Waals surface area (Å²) in [6.45, 7) is 1.73. The molecular weight excluding hydrogens is 222 g/mol. The number of benzene rings is 1. The minimum atomic E-state index is -0.481. The number of nitro groups is 1. The molecule has 6 nitrogen and oxygen atoms in total. The summed E-state index contributed by atoms with van der Waals surface area (Å²) >= 11 is 0. The number of carbonyl (C=O) groups is 1. The Hall–Kier alpha value is -1.95. The normalized spacial score (nSPS) is 15.1. The highest BCUT2D eigenvalue weighted by atomic mass is 16.6. The number of anilines is 1. The van der Waals surface area contributed by atoms with Gasteiger partial charge in [-0.25, -0.2) is 0 Å². The van der Waals surface area contributed by atoms with E-state index >= 15 is 0 Å². The Morgan fingerprint density at radius 1 is 1.53 bits per heavy atom. The fourth-order valence-corrected chi connectivity index (χ4v) is 1.66. The van der Waals surface area contributed by atoms with Crippen molar-refractivity contribution in [3.05, 3.63) is 34.4 Å². The number of carbonyl (C=O) groups excluding carboxylic acids is 1. The van der Waals surface area contributed by atoms with Gasteiger partial charge in [0.2, 0.25) is 5.91 Å². The molecule has 0 radical (unpaired) electrons. The molecule has 0 saturated carbocycles. The standard InChI is InChI=1S/C11H13N3O3/c15-11(4-8-6-12-7-8)13-9-2-1-3-10(5-9)14(16)17/h1-3,5,8,12H,4,6-7H2,(H,13,15). The van der Waals surface area contributed by atoms with Crippen LogP contribution in [-0.2, 0) is 4.79 Å². The molecule has 6 heteroatoms. The number of rotatable bonds is 4. The van der Waals surface area contributed by atoms with E-state index in [9.17, 15) is 14.9 Å². The Balaban J connectivity index is 1.95. The summed E-state index contributed by atoms with van der Waals surface area (Å²) in [5.41, 5.74) is 0.449. The van der Waals surface area contributed by atoms with Crippen LogP contribution in [-0.4, -0.2) is 23.9 Å². The third-order valence-corrected chi connectivity index (χ3v) is 2.68. The van der Waals surface area contributed by atoms with Gasteiger partial charge in [-0.1, -0.05) is 6.07 Å². The molecule has 0 unspecified atom stereocenters. The molecule has 1 saturated heterocycles. The van der Waals surface area contributed by atoms with Gasteiger partial charge >= 0.3 is 0 Å². The average molecular weight is 235 g/mol. The first-order chi connectivity index (χ1) is 8.15. The Kier molecular flexibility index (Phi) is 3.34. The third kappa shape index (κ3) is 3.01. The quantitative estimate of drug-likeness (QED) is 0.605. The summed E-state index contributed by atoms with van der Waals surface area (Å²) in [4.78, 5) is 21.7. The first-order valence-corrected chi connectivity index (χ1v) is 5.40. The molecule has 0 bridgehead atoms. The Bertz CT molecular complexity index is 443. The van der Waals surface area contributed by atoms with Gasteiger partial charge in [0.1, 0.15) is 0 Å². The first kappa shape index (κ1) is 11.5. The van der Waals surface area contributed by atoms with Gasteiger partial charge in [0.05, 0.1) is 4.92 Å². The van der Waals surface area contributed by atoms with Gasteiger partial charge in [-0.05, 0) is 25.1 Å². The smallest absolute Gasteiger partial charge is 0.271 e. The lowest BCUT2D eigenvalue weighted by Crippen LogP contribution is -2.43. The fraction of sp³-hybridized carbons (Fsp3) is 0.364. The molecule has 17 heavy (non-hydrogen) atoms. The van der Waals surface area contributed by atoms with E-state index in [0.717, 1.165) is 13.1 Å². The van der Waals surface area contributed by atoms with Crippen LogP contribution < -0.4 is 10.6 Å². The van der Waals surface area contributed by atoms with Crippen LogP contribution in [0.4, 0.5) is 11.4 Å². The van der Waals surface area contributed by atoms with Crippen molar-refractivity contribution in [3.63, 3.8) is 0 Å². The maximum absolute atomic E-state index is 11.6. The van der Waals surface area contributed by atoms with Crippen LogP contribution >= 0.6 is 0 Å². The lowest BCUT2D eigenvalue weighted by Gasteiger charge is -2.26. The summed E-state index contributed by atoms with van der Waals surface area (Å²) in [5, 5.41) is 16.3. The van der Waals surface area contributed by atoms with Crippen molar-refractivity contribution in [1.29, 1.82) is 0 Å². The highest BCUT2D eigenvalue weighted by Gasteiger charge is 2.20. The van der Waals surface area contributed by atoms with Crippen molar-refractivity contribution in [2.75, 3.05) is 18.4 Å². The number of amides is 1. The minimum Gasteiger partial charge on any atom is -0.326 e. The molecule has 0 atom stereocenters. The molecule has 2 rings (SSSR count). The number of non-ortho nitro benzene ring substituents is 1. The maximum Gasteiger partial charge on any atom is 0.271 e. The summed E-state index contributed by atoms with van der Waals surface area (Å²) < 4.78 is 0. The second-order valence-corrected chi connectivity index (χ2v) is 4.08. The van der Waals surface area contributed by atoms with Gasteiger partial charge in [-0.3, -0.25) is 14.9 Å². The summed E-state index contributed by atoms with van der Waals surface area (Å²) in [6.07, 6.45) is 0.454. The van der Waals surface area contributed by atoms with Crippen LogP contribution in [0.3, 0.4) is 0 Å². The number of hydrogen-bond acceptors (Lipinski definition) is 4. The highest BCUT2D eigenvalue weighted by Crippen LogP contribution is 2.18. The molecule has 2 N–H and O–H groups in total. The van der Waals surface area contributed by atoms with E-state index in [1.165, 1.54) is 12.1 Å². The molecule has 0 aliphatic carbocycles. The second-order valence-electron chi connectivity index (χ2n) is 4.08.